The van der Waals surface area contributed by atoms with Gasteiger partial charge in [-0.1, -0.05) is 0 Å². The van der Waals surface area contributed by atoms with Crippen LogP contribution < -0.4 is 0 Å². The summed E-state index contributed by atoms with van der Waals surface area (Å²) in [6.07, 6.45) is 2.95. The molecule has 3 heterocycles. The summed E-state index contributed by atoms with van der Waals surface area (Å²) >= 11 is 9.81. The molecule has 0 saturated carbocycles. The Balaban J connectivity index is 1.50. The van der Waals surface area contributed by atoms with Gasteiger partial charge >= 0.3 is 168 Å². The van der Waals surface area contributed by atoms with Crippen LogP contribution in [-0.4, -0.2) is 115 Å². The van der Waals surface area contributed by atoms with Crippen LogP contribution in [0.3, 0.4) is 0 Å². The molecule has 3 aliphatic rings. The molecule has 0 aromatic heterocycles. The predicted molar refractivity (Wildman–Crippen MR) is 91.9 cm³/mol. The van der Waals surface area contributed by atoms with Gasteiger partial charge in [-0.15, -0.1) is 0 Å². The Labute approximate surface area is 165 Å². The van der Waals surface area contributed by atoms with Crippen molar-refractivity contribution < 1.29 is 0 Å². The minimum atomic E-state index is 0.243. The molecule has 0 aromatic carbocycles. The number of rotatable bonds is 6. The zero-order valence-corrected chi connectivity index (χ0v) is 21.0. The first kappa shape index (κ1) is 16.5. The van der Waals surface area contributed by atoms with Crippen LogP contribution in [0.1, 0.15) is 12.8 Å². The van der Waals surface area contributed by atoms with Crippen LogP contribution in [0.5, 0.6) is 0 Å². The fraction of sp³-hybridized carbons (Fsp3) is 0.833. The Kier molecular flexibility index (Phi) is 7.24. The zero-order valence-electron chi connectivity index (χ0n) is 10.0. The summed E-state index contributed by atoms with van der Waals surface area (Å²) in [5.74, 6) is 2.91. The van der Waals surface area contributed by atoms with Crippen molar-refractivity contribution in [3.05, 3.63) is 0 Å². The molecule has 4 atom stereocenters. The molecular formula is C12H16S2Te4. The Morgan fingerprint density at radius 3 is 1.78 bits per heavy atom. The number of hydrogen-bond acceptors (Lipinski definition) is 2. The summed E-state index contributed by atoms with van der Waals surface area (Å²) in [6, 6.07) is 0. The van der Waals surface area contributed by atoms with Gasteiger partial charge in [-0.3, -0.25) is 0 Å². The summed E-state index contributed by atoms with van der Waals surface area (Å²) in [6.45, 7) is 0. The van der Waals surface area contributed by atoms with E-state index in [0.29, 0.717) is 20.9 Å². The Morgan fingerprint density at radius 1 is 0.944 bits per heavy atom. The molecule has 0 N–H and O–H groups in total. The van der Waals surface area contributed by atoms with Crippen LogP contribution in [0.15, 0.2) is 0 Å². The van der Waals surface area contributed by atoms with Gasteiger partial charge in [0.1, 0.15) is 0 Å². The first-order valence-corrected chi connectivity index (χ1v) is 16.7. The van der Waals surface area contributed by atoms with Crippen LogP contribution in [0, 0.1) is 0 Å². The molecule has 3 rings (SSSR count). The van der Waals surface area contributed by atoms with E-state index in [1.165, 1.54) is 24.3 Å². The molecule has 0 nitrogen and oxygen atoms in total. The van der Waals surface area contributed by atoms with E-state index in [4.69, 9.17) is 0 Å². The molecule has 3 fully saturated rings. The van der Waals surface area contributed by atoms with Crippen molar-refractivity contribution in [1.82, 2.24) is 0 Å². The fourth-order valence-corrected chi connectivity index (χ4v) is 22.0. The van der Waals surface area contributed by atoms with Crippen molar-refractivity contribution in [1.29, 1.82) is 0 Å². The van der Waals surface area contributed by atoms with Gasteiger partial charge in [0, 0.05) is 0 Å². The second-order valence-electron chi connectivity index (χ2n) is 4.90. The third-order valence-electron chi connectivity index (χ3n) is 3.25. The average molecular weight is 735 g/mol. The van der Waals surface area contributed by atoms with Gasteiger partial charge in [-0.25, -0.2) is 0 Å². The first-order chi connectivity index (χ1) is 8.72. The average Bonchev–Trinajstić information content (AvgIpc) is 3.25. The van der Waals surface area contributed by atoms with Gasteiger partial charge < -0.3 is 0 Å². The Morgan fingerprint density at radius 2 is 1.39 bits per heavy atom. The van der Waals surface area contributed by atoms with E-state index >= 15 is 0 Å². The van der Waals surface area contributed by atoms with Gasteiger partial charge in [0.05, 0.1) is 0 Å². The quantitative estimate of drug-likeness (QED) is 0.300. The summed E-state index contributed by atoms with van der Waals surface area (Å²) in [5, 5.41) is 2.07. The monoisotopic (exact) mass is 744 g/mol. The SMILES string of the molecule is [Te]=C(CC1CS1)C1C[Te]CC(C(=[Te])CC2CS2)[Te]1. The zero-order chi connectivity index (χ0) is 12.5. The predicted octanol–water partition coefficient (Wildman–Crippen LogP) is 1.51. The van der Waals surface area contributed by atoms with Crippen molar-refractivity contribution >= 4 is 116 Å². The van der Waals surface area contributed by atoms with Crippen molar-refractivity contribution in [2.75, 3.05) is 11.5 Å². The van der Waals surface area contributed by atoms with Crippen molar-refractivity contribution in [3.8, 4) is 0 Å². The Hall–Kier alpha value is 3.60. The van der Waals surface area contributed by atoms with E-state index in [1.54, 1.807) is 8.94 Å². The molecule has 0 spiro atoms. The van der Waals surface area contributed by atoms with E-state index < -0.39 is 0 Å². The molecule has 100 valence electrons. The topological polar surface area (TPSA) is 0 Å². The molecule has 6 heteroatoms. The van der Waals surface area contributed by atoms with Crippen molar-refractivity contribution in [3.63, 3.8) is 0 Å². The maximum absolute atomic E-state index is 2.42. The third kappa shape index (κ3) is 5.35. The Bertz CT molecular complexity index is 320. The van der Waals surface area contributed by atoms with Gasteiger partial charge in [-0.2, -0.15) is 0 Å². The van der Waals surface area contributed by atoms with Gasteiger partial charge in [0.15, 0.2) is 0 Å². The molecular weight excluding hydrogens is 719 g/mol. The first-order valence-electron chi connectivity index (χ1n) is 6.24. The van der Waals surface area contributed by atoms with Crippen LogP contribution in [0.25, 0.3) is 0 Å². The maximum atomic E-state index is 2.42. The second kappa shape index (κ2) is 7.92. The van der Waals surface area contributed by atoms with Crippen LogP contribution in [-0.2, 0) is 0 Å². The van der Waals surface area contributed by atoms with Crippen molar-refractivity contribution in [2.45, 2.75) is 40.2 Å². The molecule has 3 aliphatic heterocycles. The van der Waals surface area contributed by atoms with Crippen LogP contribution in [0.4, 0.5) is 0 Å². The standard InChI is InChI=1S/C12H16S2Te4/c15-9(1-7-3-13-7)11-5-17-6-12(18-11)10(16)2-8-4-14-8/h7-8,11-12H,1-6H2. The van der Waals surface area contributed by atoms with Crippen LogP contribution in [0.2, 0.25) is 16.9 Å². The third-order valence-corrected chi connectivity index (χ3v) is 22.4. The molecule has 3 saturated heterocycles. The molecule has 0 radical (unpaired) electrons. The number of hydrogen-bond donors (Lipinski definition) is 0. The van der Waals surface area contributed by atoms with E-state index in [9.17, 15) is 0 Å². The molecule has 4 unspecified atom stereocenters. The molecule has 0 amide bonds. The van der Waals surface area contributed by atoms with Gasteiger partial charge in [0.25, 0.3) is 0 Å². The second-order valence-corrected chi connectivity index (χ2v) is 17.7. The normalized spacial score (nSPS) is 38.2. The van der Waals surface area contributed by atoms with E-state index in [-0.39, 0.29) is 20.9 Å². The summed E-state index contributed by atoms with van der Waals surface area (Å²) in [7, 11) is 0. The van der Waals surface area contributed by atoms with E-state index in [2.05, 4.69) is 67.2 Å². The fourth-order valence-electron chi connectivity index (χ4n) is 1.98. The van der Waals surface area contributed by atoms with Gasteiger partial charge in [-0.05, 0) is 0 Å². The molecule has 0 aliphatic carbocycles. The van der Waals surface area contributed by atoms with E-state index in [0.717, 1.165) is 18.4 Å². The van der Waals surface area contributed by atoms with Crippen LogP contribution >= 0.6 is 23.5 Å². The van der Waals surface area contributed by atoms with Gasteiger partial charge in [0.2, 0.25) is 0 Å². The summed E-state index contributed by atoms with van der Waals surface area (Å²) in [5.41, 5.74) is 0. The molecule has 0 bridgehead atoms. The molecule has 18 heavy (non-hydrogen) atoms. The van der Waals surface area contributed by atoms with Crippen molar-refractivity contribution in [2.24, 2.45) is 0 Å². The molecule has 0 aromatic rings. The summed E-state index contributed by atoms with van der Waals surface area (Å²) in [4.78, 5) is 0. The van der Waals surface area contributed by atoms with E-state index in [1.807, 2.05) is 7.10 Å². The number of thioether (sulfide) groups is 2. The summed E-state index contributed by atoms with van der Waals surface area (Å²) < 4.78 is 9.47. The minimum absolute atomic E-state index is 0.243.